The largest absolute Gasteiger partial charge is 0.508 e. The Bertz CT molecular complexity index is 1720. The molecule has 1 aromatic heterocycles. The maximum absolute atomic E-state index is 14.1. The normalized spacial score (nSPS) is 17.9. The molecule has 3 heterocycles. The van der Waals surface area contributed by atoms with Crippen LogP contribution in [0.1, 0.15) is 30.0 Å². The summed E-state index contributed by atoms with van der Waals surface area (Å²) in [5, 5.41) is 16.2. The van der Waals surface area contributed by atoms with Gasteiger partial charge < -0.3 is 19.9 Å². The lowest BCUT2D eigenvalue weighted by atomic mass is 10.1. The summed E-state index contributed by atoms with van der Waals surface area (Å²) in [5.41, 5.74) is 4.49. The van der Waals surface area contributed by atoms with Crippen LogP contribution < -0.4 is 5.32 Å². The highest BCUT2D eigenvalue weighted by molar-refractivity contribution is 6.03. The summed E-state index contributed by atoms with van der Waals surface area (Å²) < 4.78 is 1.93. The number of amides is 4. The third-order valence-corrected chi connectivity index (χ3v) is 8.02. The van der Waals surface area contributed by atoms with Gasteiger partial charge in [-0.25, -0.2) is 9.78 Å². The Labute approximate surface area is 255 Å². The molecule has 3 aromatic carbocycles. The number of aryl methyl sites for hydroxylation is 1. The number of para-hydroxylation sites is 1. The lowest BCUT2D eigenvalue weighted by Gasteiger charge is -2.43. The first kappa shape index (κ1) is 28.9. The molecular formula is C33H35N7O4. The highest BCUT2D eigenvalue weighted by atomic mass is 16.3. The average molecular weight is 594 g/mol. The van der Waals surface area contributed by atoms with Crippen LogP contribution >= 0.6 is 0 Å². The quantitative estimate of drug-likeness (QED) is 0.302. The number of carbonyl (C=O) groups is 3. The van der Waals surface area contributed by atoms with E-state index in [2.05, 4.69) is 10.3 Å². The van der Waals surface area contributed by atoms with E-state index in [1.165, 1.54) is 17.0 Å². The summed E-state index contributed by atoms with van der Waals surface area (Å²) in [6.45, 7) is 3.16. The monoisotopic (exact) mass is 593 g/mol. The Morgan fingerprint density at radius 1 is 1.07 bits per heavy atom. The molecule has 0 aliphatic carbocycles. The van der Waals surface area contributed by atoms with E-state index in [0.717, 1.165) is 22.2 Å². The van der Waals surface area contributed by atoms with Gasteiger partial charge >= 0.3 is 6.03 Å². The Balaban J connectivity index is 1.35. The number of benzene rings is 3. The topological polar surface area (TPSA) is 114 Å². The molecule has 4 amide bonds. The van der Waals surface area contributed by atoms with E-state index >= 15 is 0 Å². The number of carbonyl (C=O) groups excluding carboxylic acids is 3. The molecule has 0 radical (unpaired) electrons. The van der Waals surface area contributed by atoms with Gasteiger partial charge in [0.1, 0.15) is 24.2 Å². The number of hydrazine groups is 1. The molecule has 0 spiro atoms. The smallest absolute Gasteiger partial charge is 0.332 e. The molecule has 2 saturated heterocycles. The molecule has 4 aromatic rings. The van der Waals surface area contributed by atoms with E-state index in [1.807, 2.05) is 67.1 Å². The first-order valence-electron chi connectivity index (χ1n) is 14.7. The zero-order valence-electron chi connectivity index (χ0n) is 24.8. The number of phenolic OH excluding ortho intramolecular Hbond substituents is 1. The number of hydrogen-bond donors (Lipinski definition) is 2. The van der Waals surface area contributed by atoms with Gasteiger partial charge in [-0.2, -0.15) is 5.01 Å². The van der Waals surface area contributed by atoms with Gasteiger partial charge in [-0.1, -0.05) is 61.5 Å². The molecule has 226 valence electrons. The van der Waals surface area contributed by atoms with Gasteiger partial charge in [0.25, 0.3) is 5.91 Å². The fraction of sp³-hybridized carbons (Fsp3) is 0.273. The second-order valence-electron chi connectivity index (χ2n) is 11.1. The molecule has 11 heteroatoms. The molecule has 0 unspecified atom stereocenters. The lowest BCUT2D eigenvalue weighted by molar-refractivity contribution is -0.142. The van der Waals surface area contributed by atoms with Crippen molar-refractivity contribution < 1.29 is 19.5 Å². The lowest BCUT2D eigenvalue weighted by Crippen LogP contribution is -2.61. The Kier molecular flexibility index (Phi) is 8.03. The maximum atomic E-state index is 14.1. The Morgan fingerprint density at radius 3 is 2.59 bits per heavy atom. The summed E-state index contributed by atoms with van der Waals surface area (Å²) >= 11 is 0. The second kappa shape index (κ2) is 12.2. The second-order valence-corrected chi connectivity index (χ2v) is 11.1. The molecule has 6 rings (SSSR count). The van der Waals surface area contributed by atoms with Gasteiger partial charge in [0.05, 0.1) is 23.9 Å². The van der Waals surface area contributed by atoms with E-state index < -0.39 is 6.17 Å². The standard InChI is InChI=1S/C33H35N7O4/c1-3-16-38(33(44)34-18-24-8-5-4-6-9-24)39-21-30(42)40-28(17-23-12-14-26(41)15-13-23)32(43)37(20-29(39)40)19-25-10-7-11-27-31(25)35-22-36(27)2/h4-15,17,22,29,41H,3,16,18-21H2,1-2H3,(H,34,44)/b28-17+/t29-/m1/s1. The van der Waals surface area contributed by atoms with Crippen LogP contribution in [0.4, 0.5) is 4.79 Å². The van der Waals surface area contributed by atoms with E-state index in [1.54, 1.807) is 39.5 Å². The molecule has 0 saturated carbocycles. The van der Waals surface area contributed by atoms with Crippen LogP contribution in [0.25, 0.3) is 17.1 Å². The summed E-state index contributed by atoms with van der Waals surface area (Å²) in [6.07, 6.45) is 3.50. The fourth-order valence-corrected chi connectivity index (χ4v) is 5.85. The number of phenols is 1. The summed E-state index contributed by atoms with van der Waals surface area (Å²) in [4.78, 5) is 49.1. The van der Waals surface area contributed by atoms with Gasteiger partial charge in [-0.3, -0.25) is 19.5 Å². The van der Waals surface area contributed by atoms with Crippen molar-refractivity contribution in [1.82, 2.24) is 34.7 Å². The minimum absolute atomic E-state index is 0.0483. The van der Waals surface area contributed by atoms with Crippen LogP contribution in [-0.4, -0.2) is 78.1 Å². The molecule has 2 fully saturated rings. The predicted molar refractivity (Wildman–Crippen MR) is 165 cm³/mol. The number of urea groups is 1. The number of fused-ring (bicyclic) bond motifs is 2. The van der Waals surface area contributed by atoms with Crippen molar-refractivity contribution in [1.29, 1.82) is 0 Å². The zero-order chi connectivity index (χ0) is 30.8. The number of piperazine rings is 1. The number of aromatic nitrogens is 2. The molecule has 11 nitrogen and oxygen atoms in total. The van der Waals surface area contributed by atoms with Crippen molar-refractivity contribution in [2.45, 2.75) is 32.6 Å². The van der Waals surface area contributed by atoms with E-state index in [0.29, 0.717) is 25.1 Å². The molecule has 0 bridgehead atoms. The molecule has 44 heavy (non-hydrogen) atoms. The summed E-state index contributed by atoms with van der Waals surface area (Å²) in [6, 6.07) is 21.7. The van der Waals surface area contributed by atoms with E-state index in [4.69, 9.17) is 0 Å². The zero-order valence-corrected chi connectivity index (χ0v) is 24.8. The van der Waals surface area contributed by atoms with Crippen LogP contribution in [0.15, 0.2) is 84.8 Å². The van der Waals surface area contributed by atoms with Gasteiger partial charge in [0.15, 0.2) is 0 Å². The van der Waals surface area contributed by atoms with Gasteiger partial charge in [-0.05, 0) is 47.4 Å². The Hall–Kier alpha value is -5.16. The number of rotatable bonds is 8. The molecule has 2 aliphatic rings. The van der Waals surface area contributed by atoms with E-state index in [9.17, 15) is 19.5 Å². The van der Waals surface area contributed by atoms with Crippen molar-refractivity contribution >= 4 is 35.0 Å². The number of aromatic hydroxyl groups is 1. The van der Waals surface area contributed by atoms with Crippen molar-refractivity contribution in [2.24, 2.45) is 7.05 Å². The first-order valence-corrected chi connectivity index (χ1v) is 14.7. The maximum Gasteiger partial charge on any atom is 0.332 e. The van der Waals surface area contributed by atoms with Crippen molar-refractivity contribution in [3.63, 3.8) is 0 Å². The van der Waals surface area contributed by atoms with Crippen LogP contribution in [0, 0.1) is 0 Å². The minimum atomic E-state index is -0.597. The number of nitrogens with zero attached hydrogens (tertiary/aromatic N) is 6. The molecule has 2 aliphatic heterocycles. The van der Waals surface area contributed by atoms with Crippen LogP contribution in [0.5, 0.6) is 5.75 Å². The SMILES string of the molecule is CCCN(C(=O)NCc1ccccc1)N1CC(=O)N2/C(=C/c3ccc(O)cc3)C(=O)N(Cc3cccc4c3ncn4C)C[C@@H]21. The predicted octanol–water partition coefficient (Wildman–Crippen LogP) is 3.67. The fourth-order valence-electron chi connectivity index (χ4n) is 5.85. The number of imidazole rings is 1. The van der Waals surface area contributed by atoms with Crippen molar-refractivity contribution in [3.05, 3.63) is 102 Å². The minimum Gasteiger partial charge on any atom is -0.508 e. The molecular weight excluding hydrogens is 558 g/mol. The highest BCUT2D eigenvalue weighted by Gasteiger charge is 2.50. The Morgan fingerprint density at radius 2 is 1.84 bits per heavy atom. The van der Waals surface area contributed by atoms with Crippen LogP contribution in [0.3, 0.4) is 0 Å². The third kappa shape index (κ3) is 5.61. The van der Waals surface area contributed by atoms with E-state index in [-0.39, 0.29) is 48.9 Å². The molecule has 2 N–H and O–H groups in total. The summed E-state index contributed by atoms with van der Waals surface area (Å²) in [7, 11) is 1.93. The average Bonchev–Trinajstić information content (AvgIpc) is 3.57. The van der Waals surface area contributed by atoms with Gasteiger partial charge in [0, 0.05) is 26.7 Å². The summed E-state index contributed by atoms with van der Waals surface area (Å²) in [5.74, 6) is -0.463. The highest BCUT2D eigenvalue weighted by Crippen LogP contribution is 2.32. The van der Waals surface area contributed by atoms with Crippen LogP contribution in [-0.2, 0) is 29.7 Å². The third-order valence-electron chi connectivity index (χ3n) is 8.02. The van der Waals surface area contributed by atoms with Gasteiger partial charge in [-0.15, -0.1) is 0 Å². The molecule has 1 atom stereocenters. The van der Waals surface area contributed by atoms with Gasteiger partial charge in [0.2, 0.25) is 5.91 Å². The first-order chi connectivity index (χ1) is 21.3. The number of hydrogen-bond acceptors (Lipinski definition) is 6. The van der Waals surface area contributed by atoms with Crippen molar-refractivity contribution in [3.8, 4) is 5.75 Å². The van der Waals surface area contributed by atoms with Crippen LogP contribution in [0.2, 0.25) is 0 Å². The van der Waals surface area contributed by atoms with Crippen molar-refractivity contribution in [2.75, 3.05) is 19.6 Å². The number of nitrogens with one attached hydrogen (secondary N) is 1.